The van der Waals surface area contributed by atoms with Gasteiger partial charge in [-0.2, -0.15) is 0 Å². The van der Waals surface area contributed by atoms with Crippen LogP contribution in [0, 0.1) is 52.3 Å². The van der Waals surface area contributed by atoms with Gasteiger partial charge in [-0.15, -0.1) is 0 Å². The van der Waals surface area contributed by atoms with E-state index in [0.717, 1.165) is 62.2 Å². The normalized spacial score (nSPS) is 33.5. The Morgan fingerprint density at radius 3 is 2.29 bits per heavy atom. The van der Waals surface area contributed by atoms with Crippen molar-refractivity contribution in [1.82, 2.24) is 0 Å². The highest BCUT2D eigenvalue weighted by molar-refractivity contribution is 5.69. The Hall–Kier alpha value is -2.09. The standard InChI is InChI=1S/C46H72O2/c1-8-9-10-11-12-13-14-15-16-17-18-19-20-21-22-23-44(47)48-39-30-32-45(6)38(34-39)26-27-40-42-29-28-41(46(42,7)33-31-43(40)45)37(5)25-24-36(4)35(2)3/h9-16,24-26,35-37,39-43H,8,17-23,27-34H2,1-7H3/b10-9+,12-11+,14-13+,16-15-,25-24+. The SMILES string of the molecule is CC/C=C/C=C/C=C/C=C\CCCCCCCC(=O)OC1CCC2(C)C(=CCC3C2CCC2(C)C(C(C)/C=C/C(C)C(C)C)CCC32)C1. The molecule has 0 aliphatic heterocycles. The Morgan fingerprint density at radius 2 is 1.54 bits per heavy atom. The Balaban J connectivity index is 1.16. The summed E-state index contributed by atoms with van der Waals surface area (Å²) in [6, 6.07) is 0. The summed E-state index contributed by atoms with van der Waals surface area (Å²) >= 11 is 0. The largest absolute Gasteiger partial charge is 0.462 e. The second-order valence-corrected chi connectivity index (χ2v) is 17.0. The van der Waals surface area contributed by atoms with Gasteiger partial charge in [0.1, 0.15) is 6.10 Å². The maximum atomic E-state index is 12.8. The van der Waals surface area contributed by atoms with Crippen LogP contribution in [0.1, 0.15) is 151 Å². The van der Waals surface area contributed by atoms with Crippen LogP contribution in [-0.4, -0.2) is 12.1 Å². The molecule has 9 unspecified atom stereocenters. The third-order valence-electron chi connectivity index (χ3n) is 13.6. The maximum Gasteiger partial charge on any atom is 0.306 e. The van der Waals surface area contributed by atoms with Crippen LogP contribution in [0.2, 0.25) is 0 Å². The lowest BCUT2D eigenvalue weighted by atomic mass is 9.47. The molecule has 0 spiro atoms. The van der Waals surface area contributed by atoms with Crippen LogP contribution >= 0.6 is 0 Å². The molecule has 4 aliphatic carbocycles. The molecule has 0 N–H and O–H groups in total. The van der Waals surface area contributed by atoms with E-state index in [9.17, 15) is 4.79 Å². The van der Waals surface area contributed by atoms with Crippen LogP contribution < -0.4 is 0 Å². The number of allylic oxidation sites excluding steroid dienone is 11. The molecular formula is C46H72O2. The third kappa shape index (κ3) is 10.0. The van der Waals surface area contributed by atoms with Crippen LogP contribution in [0.25, 0.3) is 0 Å². The van der Waals surface area contributed by atoms with Gasteiger partial charge in [-0.25, -0.2) is 0 Å². The van der Waals surface area contributed by atoms with E-state index in [1.54, 1.807) is 5.57 Å². The minimum absolute atomic E-state index is 0.0308. The van der Waals surface area contributed by atoms with E-state index >= 15 is 0 Å². The quantitative estimate of drug-likeness (QED) is 0.0674. The summed E-state index contributed by atoms with van der Waals surface area (Å²) in [5.74, 6) is 5.41. The molecule has 0 aromatic rings. The first kappa shape index (κ1) is 38.7. The van der Waals surface area contributed by atoms with E-state index in [-0.39, 0.29) is 12.1 Å². The summed E-state index contributed by atoms with van der Waals surface area (Å²) in [6.45, 7) is 17.0. The first-order valence-electron chi connectivity index (χ1n) is 20.3. The summed E-state index contributed by atoms with van der Waals surface area (Å²) < 4.78 is 6.11. The Bertz CT molecular complexity index is 1180. The van der Waals surface area contributed by atoms with E-state index in [1.807, 2.05) is 0 Å². The molecule has 0 amide bonds. The minimum atomic E-state index is 0.0308. The smallest absolute Gasteiger partial charge is 0.306 e. The average Bonchev–Trinajstić information content (AvgIpc) is 3.42. The van der Waals surface area contributed by atoms with Gasteiger partial charge in [-0.05, 0) is 123 Å². The number of ether oxygens (including phenoxy) is 1. The molecule has 0 heterocycles. The molecule has 3 saturated carbocycles. The fourth-order valence-corrected chi connectivity index (χ4v) is 10.3. The Kier molecular flexibility index (Phi) is 15.1. The van der Waals surface area contributed by atoms with Crippen molar-refractivity contribution in [3.8, 4) is 0 Å². The molecular weight excluding hydrogens is 585 g/mol. The van der Waals surface area contributed by atoms with Gasteiger partial charge in [0.25, 0.3) is 0 Å². The zero-order chi connectivity index (χ0) is 34.6. The number of esters is 1. The van der Waals surface area contributed by atoms with Crippen molar-refractivity contribution in [2.24, 2.45) is 52.3 Å². The molecule has 48 heavy (non-hydrogen) atoms. The number of hydrogen-bond acceptors (Lipinski definition) is 2. The van der Waals surface area contributed by atoms with Crippen molar-refractivity contribution in [2.75, 3.05) is 0 Å². The predicted molar refractivity (Wildman–Crippen MR) is 207 cm³/mol. The number of carbonyl (C=O) groups excluding carboxylic acids is 1. The first-order valence-corrected chi connectivity index (χ1v) is 20.3. The second kappa shape index (κ2) is 18.8. The molecule has 2 heteroatoms. The van der Waals surface area contributed by atoms with E-state index in [4.69, 9.17) is 4.74 Å². The lowest BCUT2D eigenvalue weighted by molar-refractivity contribution is -0.151. The van der Waals surface area contributed by atoms with Crippen molar-refractivity contribution < 1.29 is 9.53 Å². The zero-order valence-electron chi connectivity index (χ0n) is 32.1. The van der Waals surface area contributed by atoms with Crippen LogP contribution in [0.3, 0.4) is 0 Å². The van der Waals surface area contributed by atoms with Crippen molar-refractivity contribution in [3.63, 3.8) is 0 Å². The molecule has 4 rings (SSSR count). The van der Waals surface area contributed by atoms with Gasteiger partial charge in [0.05, 0.1) is 0 Å². The summed E-state index contributed by atoms with van der Waals surface area (Å²) in [5.41, 5.74) is 2.41. The van der Waals surface area contributed by atoms with E-state index in [2.05, 4.69) is 115 Å². The molecule has 0 bridgehead atoms. The Labute approximate surface area is 296 Å². The van der Waals surface area contributed by atoms with Crippen molar-refractivity contribution >= 4 is 5.97 Å². The number of unbranched alkanes of at least 4 members (excludes halogenated alkanes) is 5. The van der Waals surface area contributed by atoms with E-state index in [1.165, 1.54) is 57.8 Å². The fraction of sp³-hybridized carbons (Fsp3) is 0.717. The van der Waals surface area contributed by atoms with Gasteiger partial charge >= 0.3 is 5.97 Å². The lowest BCUT2D eigenvalue weighted by Gasteiger charge is -2.58. The molecule has 0 aromatic heterocycles. The number of fused-ring (bicyclic) bond motifs is 5. The molecule has 4 aliphatic rings. The van der Waals surface area contributed by atoms with Gasteiger partial charge in [0.2, 0.25) is 0 Å². The van der Waals surface area contributed by atoms with E-state index in [0.29, 0.717) is 35.0 Å². The summed E-state index contributed by atoms with van der Waals surface area (Å²) in [4.78, 5) is 12.8. The number of carbonyl (C=O) groups is 1. The maximum absolute atomic E-state index is 12.8. The topological polar surface area (TPSA) is 26.3 Å². The second-order valence-electron chi connectivity index (χ2n) is 17.0. The predicted octanol–water partition coefficient (Wildman–Crippen LogP) is 13.3. The van der Waals surface area contributed by atoms with Crippen LogP contribution in [0.5, 0.6) is 0 Å². The number of hydrogen-bond donors (Lipinski definition) is 0. The molecule has 0 saturated heterocycles. The van der Waals surface area contributed by atoms with Gasteiger partial charge in [0, 0.05) is 12.8 Å². The average molecular weight is 657 g/mol. The highest BCUT2D eigenvalue weighted by atomic mass is 16.5. The monoisotopic (exact) mass is 657 g/mol. The minimum Gasteiger partial charge on any atom is -0.462 e. The third-order valence-corrected chi connectivity index (χ3v) is 13.6. The molecule has 0 radical (unpaired) electrons. The van der Waals surface area contributed by atoms with Gasteiger partial charge in [0.15, 0.2) is 0 Å². The highest BCUT2D eigenvalue weighted by Gasteiger charge is 2.59. The number of rotatable bonds is 17. The molecule has 2 nitrogen and oxygen atoms in total. The lowest BCUT2D eigenvalue weighted by Crippen LogP contribution is -2.51. The fourth-order valence-electron chi connectivity index (χ4n) is 10.3. The van der Waals surface area contributed by atoms with Gasteiger partial charge in [-0.1, -0.05) is 140 Å². The van der Waals surface area contributed by atoms with Crippen LogP contribution in [-0.2, 0) is 9.53 Å². The van der Waals surface area contributed by atoms with E-state index < -0.39 is 0 Å². The van der Waals surface area contributed by atoms with Gasteiger partial charge < -0.3 is 4.74 Å². The van der Waals surface area contributed by atoms with Crippen molar-refractivity contribution in [1.29, 1.82) is 0 Å². The van der Waals surface area contributed by atoms with Gasteiger partial charge in [-0.3, -0.25) is 4.79 Å². The van der Waals surface area contributed by atoms with Crippen molar-refractivity contribution in [3.05, 3.63) is 72.4 Å². The molecule has 268 valence electrons. The van der Waals surface area contributed by atoms with Crippen LogP contribution in [0.15, 0.2) is 72.4 Å². The summed E-state index contributed by atoms with van der Waals surface area (Å²) in [7, 11) is 0. The zero-order valence-corrected chi connectivity index (χ0v) is 32.1. The van der Waals surface area contributed by atoms with Crippen molar-refractivity contribution in [2.45, 2.75) is 157 Å². The summed E-state index contributed by atoms with van der Waals surface area (Å²) in [6.07, 6.45) is 43.3. The molecule has 0 aromatic carbocycles. The molecule has 3 fully saturated rings. The summed E-state index contributed by atoms with van der Waals surface area (Å²) in [5, 5.41) is 0. The molecule has 9 atom stereocenters. The van der Waals surface area contributed by atoms with Crippen LogP contribution in [0.4, 0.5) is 0 Å². The first-order chi connectivity index (χ1) is 23.1. The Morgan fingerprint density at radius 1 is 0.833 bits per heavy atom. The highest BCUT2D eigenvalue weighted by Crippen LogP contribution is 2.67.